The highest BCUT2D eigenvalue weighted by Gasteiger charge is 2.15. The van der Waals surface area contributed by atoms with Crippen molar-refractivity contribution < 1.29 is 0 Å². The minimum absolute atomic E-state index is 0.701. The number of hydrogen-bond donors (Lipinski definition) is 1. The Morgan fingerprint density at radius 3 is 2.69 bits per heavy atom. The van der Waals surface area contributed by atoms with Crippen molar-refractivity contribution in [3.8, 4) is 11.4 Å². The van der Waals surface area contributed by atoms with Gasteiger partial charge in [-0.3, -0.25) is 0 Å². The average Bonchev–Trinajstić information content (AvgIpc) is 2.78. The molecule has 0 aliphatic carbocycles. The molecule has 0 saturated carbocycles. The molecule has 0 saturated heterocycles. The van der Waals surface area contributed by atoms with Gasteiger partial charge in [0.15, 0.2) is 0 Å². The molecule has 0 spiro atoms. The van der Waals surface area contributed by atoms with Crippen LogP contribution in [0, 0.1) is 0 Å². The molecule has 0 radical (unpaired) electrons. The molecule has 0 unspecified atom stereocenters. The molecular formula is C11H17N5. The first-order valence-corrected chi connectivity index (χ1v) is 5.43. The smallest absolute Gasteiger partial charge is 0.133 e. The second-order valence-electron chi connectivity index (χ2n) is 3.96. The van der Waals surface area contributed by atoms with Crippen LogP contribution < -0.4 is 5.73 Å². The fourth-order valence-electron chi connectivity index (χ4n) is 1.78. The number of rotatable bonds is 3. The van der Waals surface area contributed by atoms with Crippen molar-refractivity contribution in [2.45, 2.75) is 19.8 Å². The lowest BCUT2D eigenvalue weighted by Gasteiger charge is -2.01. The van der Waals surface area contributed by atoms with Crippen molar-refractivity contribution >= 4 is 5.82 Å². The lowest BCUT2D eigenvalue weighted by molar-refractivity contribution is 0.764. The van der Waals surface area contributed by atoms with E-state index in [9.17, 15) is 0 Å². The Morgan fingerprint density at radius 2 is 2.12 bits per heavy atom. The van der Waals surface area contributed by atoms with Gasteiger partial charge in [0, 0.05) is 20.5 Å². The zero-order valence-electron chi connectivity index (χ0n) is 9.94. The van der Waals surface area contributed by atoms with E-state index in [-0.39, 0.29) is 0 Å². The molecule has 2 heterocycles. The fraction of sp³-hybridized carbons (Fsp3) is 0.455. The normalized spacial score (nSPS) is 10.9. The van der Waals surface area contributed by atoms with Crippen LogP contribution in [0.25, 0.3) is 11.4 Å². The monoisotopic (exact) mass is 219 g/mol. The third-order valence-electron chi connectivity index (χ3n) is 2.76. The van der Waals surface area contributed by atoms with Gasteiger partial charge >= 0.3 is 0 Å². The van der Waals surface area contributed by atoms with E-state index in [1.807, 2.05) is 23.2 Å². The third kappa shape index (κ3) is 1.58. The van der Waals surface area contributed by atoms with Gasteiger partial charge in [-0.1, -0.05) is 6.92 Å². The summed E-state index contributed by atoms with van der Waals surface area (Å²) >= 11 is 0. The maximum absolute atomic E-state index is 6.05. The van der Waals surface area contributed by atoms with Crippen LogP contribution in [-0.2, 0) is 20.5 Å². The summed E-state index contributed by atoms with van der Waals surface area (Å²) < 4.78 is 3.88. The van der Waals surface area contributed by atoms with Crippen molar-refractivity contribution in [2.24, 2.45) is 14.1 Å². The van der Waals surface area contributed by atoms with Gasteiger partial charge < -0.3 is 14.9 Å². The van der Waals surface area contributed by atoms with Crippen LogP contribution >= 0.6 is 0 Å². The Kier molecular flexibility index (Phi) is 2.68. The van der Waals surface area contributed by atoms with Crippen LogP contribution in [0.15, 0.2) is 12.5 Å². The lowest BCUT2D eigenvalue weighted by Crippen LogP contribution is -2.01. The quantitative estimate of drug-likeness (QED) is 0.847. The summed E-state index contributed by atoms with van der Waals surface area (Å²) in [6.45, 7) is 2.13. The highest BCUT2D eigenvalue weighted by Crippen LogP contribution is 2.25. The number of nitrogens with zero attached hydrogens (tertiary/aromatic N) is 4. The number of anilines is 1. The van der Waals surface area contributed by atoms with Crippen molar-refractivity contribution in [3.63, 3.8) is 0 Å². The number of hydrogen-bond acceptors (Lipinski definition) is 3. The Labute approximate surface area is 94.9 Å². The highest BCUT2D eigenvalue weighted by atomic mass is 15.1. The minimum atomic E-state index is 0.701. The van der Waals surface area contributed by atoms with Crippen molar-refractivity contribution in [1.29, 1.82) is 0 Å². The SMILES string of the molecule is CCCc1nc(-c2cncn2C)c(N)n1C. The minimum Gasteiger partial charge on any atom is -0.383 e. The van der Waals surface area contributed by atoms with Crippen molar-refractivity contribution in [3.05, 3.63) is 18.3 Å². The predicted molar refractivity (Wildman–Crippen MR) is 63.8 cm³/mol. The van der Waals surface area contributed by atoms with Gasteiger partial charge in [0.25, 0.3) is 0 Å². The molecule has 16 heavy (non-hydrogen) atoms. The van der Waals surface area contributed by atoms with Crippen molar-refractivity contribution in [2.75, 3.05) is 5.73 Å². The molecule has 5 nitrogen and oxygen atoms in total. The van der Waals surface area contributed by atoms with Gasteiger partial charge in [-0.05, 0) is 6.42 Å². The number of nitrogens with two attached hydrogens (primary N) is 1. The van der Waals surface area contributed by atoms with Gasteiger partial charge in [0.1, 0.15) is 17.3 Å². The third-order valence-corrected chi connectivity index (χ3v) is 2.76. The first kappa shape index (κ1) is 10.7. The van der Waals surface area contributed by atoms with Crippen molar-refractivity contribution in [1.82, 2.24) is 19.1 Å². The Balaban J connectivity index is 2.50. The summed E-state index contributed by atoms with van der Waals surface area (Å²) in [6.07, 6.45) is 5.55. The van der Waals surface area contributed by atoms with Crippen LogP contribution in [-0.4, -0.2) is 19.1 Å². The number of aryl methyl sites for hydroxylation is 2. The molecule has 0 bridgehead atoms. The van der Waals surface area contributed by atoms with E-state index in [1.165, 1.54) is 0 Å². The van der Waals surface area contributed by atoms with E-state index < -0.39 is 0 Å². The molecule has 0 aliphatic rings. The zero-order valence-corrected chi connectivity index (χ0v) is 9.94. The van der Waals surface area contributed by atoms with Gasteiger partial charge in [-0.2, -0.15) is 0 Å². The largest absolute Gasteiger partial charge is 0.383 e. The molecule has 0 aromatic carbocycles. The summed E-state index contributed by atoms with van der Waals surface area (Å²) in [4.78, 5) is 8.66. The van der Waals surface area contributed by atoms with E-state index in [4.69, 9.17) is 5.73 Å². The van der Waals surface area contributed by atoms with Crippen LogP contribution in [0.1, 0.15) is 19.2 Å². The Morgan fingerprint density at radius 1 is 1.38 bits per heavy atom. The molecule has 2 N–H and O–H groups in total. The Hall–Kier alpha value is -1.78. The highest BCUT2D eigenvalue weighted by molar-refractivity contribution is 5.67. The van der Waals surface area contributed by atoms with Gasteiger partial charge in [0.2, 0.25) is 0 Å². The van der Waals surface area contributed by atoms with Gasteiger partial charge in [0.05, 0.1) is 18.2 Å². The van der Waals surface area contributed by atoms with E-state index in [0.29, 0.717) is 5.82 Å². The molecular weight excluding hydrogens is 202 g/mol. The number of imidazole rings is 2. The second kappa shape index (κ2) is 4.00. The van der Waals surface area contributed by atoms with E-state index >= 15 is 0 Å². The predicted octanol–water partition coefficient (Wildman–Crippen LogP) is 1.36. The molecule has 2 aromatic heterocycles. The number of aromatic nitrogens is 4. The zero-order chi connectivity index (χ0) is 11.7. The molecule has 2 rings (SSSR count). The standard InChI is InChI=1S/C11H17N5/c1-4-5-9-14-10(11(12)16(9)3)8-6-13-7-15(8)2/h6-7H,4-5,12H2,1-3H3. The molecule has 5 heteroatoms. The maximum Gasteiger partial charge on any atom is 0.133 e. The number of nitrogen functional groups attached to an aromatic ring is 1. The lowest BCUT2D eigenvalue weighted by atomic mass is 10.3. The van der Waals surface area contributed by atoms with E-state index in [0.717, 1.165) is 30.1 Å². The Bertz CT molecular complexity index is 494. The summed E-state index contributed by atoms with van der Waals surface area (Å²) in [7, 11) is 3.89. The maximum atomic E-state index is 6.05. The average molecular weight is 219 g/mol. The topological polar surface area (TPSA) is 61.7 Å². The molecule has 0 atom stereocenters. The summed E-state index contributed by atoms with van der Waals surface area (Å²) in [6, 6.07) is 0. The van der Waals surface area contributed by atoms with Crippen LogP contribution in [0.3, 0.4) is 0 Å². The van der Waals surface area contributed by atoms with E-state index in [1.54, 1.807) is 12.5 Å². The molecule has 0 fully saturated rings. The fourth-order valence-corrected chi connectivity index (χ4v) is 1.78. The van der Waals surface area contributed by atoms with Gasteiger partial charge in [-0.15, -0.1) is 0 Å². The van der Waals surface area contributed by atoms with Crippen LogP contribution in [0.2, 0.25) is 0 Å². The van der Waals surface area contributed by atoms with Gasteiger partial charge in [-0.25, -0.2) is 9.97 Å². The summed E-state index contributed by atoms with van der Waals surface area (Å²) in [5.41, 5.74) is 7.83. The summed E-state index contributed by atoms with van der Waals surface area (Å²) in [5.74, 6) is 1.73. The molecule has 0 aliphatic heterocycles. The first-order valence-electron chi connectivity index (χ1n) is 5.43. The molecule has 0 amide bonds. The molecule has 2 aromatic rings. The van der Waals surface area contributed by atoms with E-state index in [2.05, 4.69) is 16.9 Å². The van der Waals surface area contributed by atoms with Crippen LogP contribution in [0.4, 0.5) is 5.82 Å². The van der Waals surface area contributed by atoms with Crippen LogP contribution in [0.5, 0.6) is 0 Å². The summed E-state index contributed by atoms with van der Waals surface area (Å²) in [5, 5.41) is 0. The second-order valence-corrected chi connectivity index (χ2v) is 3.96. The molecule has 86 valence electrons. The first-order chi connectivity index (χ1) is 7.65.